The van der Waals surface area contributed by atoms with Crippen LogP contribution in [0.25, 0.3) is 0 Å². The quantitative estimate of drug-likeness (QED) is 0.634. The third kappa shape index (κ3) is 2.94. The van der Waals surface area contributed by atoms with E-state index < -0.39 is 20.6 Å². The van der Waals surface area contributed by atoms with Gasteiger partial charge in [-0.15, -0.1) is 0 Å². The minimum atomic E-state index is -3.34. The third-order valence-electron chi connectivity index (χ3n) is 3.37. The molecular formula is C11H21ClN4O2S. The first-order valence-corrected chi connectivity index (χ1v) is 8.19. The molecule has 1 aromatic rings. The van der Waals surface area contributed by atoms with Gasteiger partial charge in [0.05, 0.1) is 27.7 Å². The van der Waals surface area contributed by atoms with Gasteiger partial charge in [0.2, 0.25) is 0 Å². The topological polar surface area (TPSA) is 90.0 Å². The van der Waals surface area contributed by atoms with E-state index in [9.17, 15) is 8.42 Å². The summed E-state index contributed by atoms with van der Waals surface area (Å²) < 4.78 is 24.5. The van der Waals surface area contributed by atoms with Crippen LogP contribution in [0, 0.1) is 0 Å². The molecule has 1 rings (SSSR count). The van der Waals surface area contributed by atoms with Crippen molar-refractivity contribution in [3.05, 3.63) is 16.9 Å². The van der Waals surface area contributed by atoms with Crippen LogP contribution in [-0.2, 0) is 9.84 Å². The van der Waals surface area contributed by atoms with Crippen molar-refractivity contribution in [2.24, 2.45) is 5.84 Å². The minimum absolute atomic E-state index is 0.0497. The lowest BCUT2D eigenvalue weighted by atomic mass is 10.00. The number of hydrogen-bond acceptors (Lipinski definition) is 5. The van der Waals surface area contributed by atoms with E-state index in [2.05, 4.69) is 10.5 Å². The van der Waals surface area contributed by atoms with Crippen molar-refractivity contribution < 1.29 is 8.42 Å². The lowest BCUT2D eigenvalue weighted by Crippen LogP contribution is -2.48. The van der Waals surface area contributed by atoms with Gasteiger partial charge in [-0.2, -0.15) is 5.10 Å². The molecule has 0 aromatic carbocycles. The van der Waals surface area contributed by atoms with Crippen molar-refractivity contribution >= 4 is 21.4 Å². The van der Waals surface area contributed by atoms with E-state index in [1.807, 2.05) is 13.8 Å². The van der Waals surface area contributed by atoms with Crippen molar-refractivity contribution in [3.8, 4) is 0 Å². The molecule has 0 aliphatic heterocycles. The fourth-order valence-electron chi connectivity index (χ4n) is 1.86. The lowest BCUT2D eigenvalue weighted by molar-refractivity contribution is 0.385. The molecule has 0 saturated heterocycles. The predicted octanol–water partition coefficient (Wildman–Crippen LogP) is 1.45. The highest BCUT2D eigenvalue weighted by Crippen LogP contribution is 2.36. The second-order valence-electron chi connectivity index (χ2n) is 5.39. The smallest absolute Gasteiger partial charge is 0.154 e. The number of nitrogens with two attached hydrogens (primary N) is 1. The van der Waals surface area contributed by atoms with E-state index in [1.165, 1.54) is 12.5 Å². The Morgan fingerprint density at radius 3 is 2.37 bits per heavy atom. The summed E-state index contributed by atoms with van der Waals surface area (Å²) in [5.41, 5.74) is 3.14. The molecule has 1 aromatic heterocycles. The van der Waals surface area contributed by atoms with Crippen LogP contribution >= 0.6 is 11.6 Å². The van der Waals surface area contributed by atoms with E-state index in [-0.39, 0.29) is 6.04 Å². The number of sulfone groups is 1. The Morgan fingerprint density at radius 1 is 1.47 bits per heavy atom. The monoisotopic (exact) mass is 308 g/mol. The summed E-state index contributed by atoms with van der Waals surface area (Å²) in [6.45, 7) is 7.10. The predicted molar refractivity (Wildman–Crippen MR) is 76.6 cm³/mol. The van der Waals surface area contributed by atoms with E-state index in [1.54, 1.807) is 18.5 Å². The number of nitrogens with one attached hydrogen (secondary N) is 1. The van der Waals surface area contributed by atoms with Gasteiger partial charge in [-0.3, -0.25) is 10.5 Å². The molecule has 0 aliphatic rings. The summed E-state index contributed by atoms with van der Waals surface area (Å²) in [6.07, 6.45) is 2.68. The van der Waals surface area contributed by atoms with Gasteiger partial charge < -0.3 is 0 Å². The van der Waals surface area contributed by atoms with Gasteiger partial charge in [-0.05, 0) is 27.7 Å². The van der Waals surface area contributed by atoms with E-state index in [4.69, 9.17) is 17.4 Å². The number of hydrogen-bond donors (Lipinski definition) is 2. The Morgan fingerprint density at radius 2 is 2.00 bits per heavy atom. The maximum absolute atomic E-state index is 12.0. The number of rotatable bonds is 5. The molecule has 0 bridgehead atoms. The molecule has 0 spiro atoms. The molecule has 0 saturated carbocycles. The first kappa shape index (κ1) is 16.4. The molecule has 0 amide bonds. The van der Waals surface area contributed by atoms with Crippen LogP contribution in [0.15, 0.2) is 6.20 Å². The first-order valence-electron chi connectivity index (χ1n) is 5.92. The van der Waals surface area contributed by atoms with E-state index in [0.717, 1.165) is 0 Å². The molecule has 6 nitrogen and oxygen atoms in total. The van der Waals surface area contributed by atoms with Crippen molar-refractivity contribution in [2.75, 3.05) is 6.26 Å². The molecular weight excluding hydrogens is 288 g/mol. The summed E-state index contributed by atoms with van der Waals surface area (Å²) in [5, 5.41) is 4.57. The summed E-state index contributed by atoms with van der Waals surface area (Å²) >= 11 is 6.14. The Kier molecular flexibility index (Phi) is 4.66. The standard InChI is InChI=1S/C11H21ClN4O2S/c1-7(2)16-9(8(12)6-14-16)10(15-13)11(3,4)19(5,17)18/h6-7,10,15H,13H2,1-5H3. The molecule has 8 heteroatoms. The van der Waals surface area contributed by atoms with Crippen LogP contribution in [0.5, 0.6) is 0 Å². The summed E-state index contributed by atoms with van der Waals surface area (Å²) in [5.74, 6) is 5.57. The largest absolute Gasteiger partial charge is 0.271 e. The molecule has 19 heavy (non-hydrogen) atoms. The fraction of sp³-hybridized carbons (Fsp3) is 0.727. The summed E-state index contributed by atoms with van der Waals surface area (Å²) in [4.78, 5) is 0. The number of aromatic nitrogens is 2. The fourth-order valence-corrected chi connectivity index (χ4v) is 2.70. The Balaban J connectivity index is 3.45. The van der Waals surface area contributed by atoms with Gasteiger partial charge >= 0.3 is 0 Å². The zero-order chi connectivity index (χ0) is 15.0. The molecule has 110 valence electrons. The van der Waals surface area contributed by atoms with Crippen molar-refractivity contribution in [2.45, 2.75) is 44.5 Å². The molecule has 1 atom stereocenters. The van der Waals surface area contributed by atoms with Gasteiger partial charge in [0, 0.05) is 12.3 Å². The maximum atomic E-state index is 12.0. The SMILES string of the molecule is CC(C)n1ncc(Cl)c1C(NN)C(C)(C)S(C)(=O)=O. The molecule has 1 heterocycles. The zero-order valence-electron chi connectivity index (χ0n) is 11.8. The van der Waals surface area contributed by atoms with E-state index in [0.29, 0.717) is 10.7 Å². The number of hydrazine groups is 1. The Bertz CT molecular complexity index is 551. The van der Waals surface area contributed by atoms with Crippen molar-refractivity contribution in [3.63, 3.8) is 0 Å². The van der Waals surface area contributed by atoms with Gasteiger partial charge in [0.15, 0.2) is 9.84 Å². The summed E-state index contributed by atoms with van der Waals surface area (Å²) in [7, 11) is -3.34. The normalized spacial score (nSPS) is 14.9. The van der Waals surface area contributed by atoms with Gasteiger partial charge in [-0.25, -0.2) is 13.8 Å². The van der Waals surface area contributed by atoms with E-state index >= 15 is 0 Å². The highest BCUT2D eigenvalue weighted by Gasteiger charge is 2.42. The van der Waals surface area contributed by atoms with Crippen molar-refractivity contribution in [1.29, 1.82) is 0 Å². The third-order valence-corrected chi connectivity index (χ3v) is 5.81. The summed E-state index contributed by atoms with van der Waals surface area (Å²) in [6, 6.07) is -0.603. The molecule has 1 unspecified atom stereocenters. The second kappa shape index (κ2) is 5.40. The molecule has 0 aliphatic carbocycles. The zero-order valence-corrected chi connectivity index (χ0v) is 13.4. The van der Waals surface area contributed by atoms with Crippen LogP contribution in [0.2, 0.25) is 5.02 Å². The Hall–Kier alpha value is -0.630. The van der Waals surface area contributed by atoms with Crippen LogP contribution in [-0.4, -0.2) is 29.2 Å². The minimum Gasteiger partial charge on any atom is -0.271 e. The van der Waals surface area contributed by atoms with Crippen LogP contribution in [0.3, 0.4) is 0 Å². The van der Waals surface area contributed by atoms with Crippen LogP contribution < -0.4 is 11.3 Å². The molecule has 0 fully saturated rings. The molecule has 0 radical (unpaired) electrons. The average molecular weight is 309 g/mol. The van der Waals surface area contributed by atoms with Gasteiger partial charge in [0.1, 0.15) is 0 Å². The highest BCUT2D eigenvalue weighted by atomic mass is 35.5. The first-order chi connectivity index (χ1) is 8.54. The molecule has 3 N–H and O–H groups in total. The number of nitrogens with zero attached hydrogens (tertiary/aromatic N) is 2. The Labute approximate surface area is 119 Å². The highest BCUT2D eigenvalue weighted by molar-refractivity contribution is 7.92. The lowest BCUT2D eigenvalue weighted by Gasteiger charge is -2.33. The van der Waals surface area contributed by atoms with Crippen LogP contribution in [0.1, 0.15) is 45.5 Å². The number of halogens is 1. The maximum Gasteiger partial charge on any atom is 0.154 e. The van der Waals surface area contributed by atoms with Gasteiger partial charge in [-0.1, -0.05) is 11.6 Å². The van der Waals surface area contributed by atoms with Crippen LogP contribution in [0.4, 0.5) is 0 Å². The second-order valence-corrected chi connectivity index (χ2v) is 8.40. The average Bonchev–Trinajstić information content (AvgIpc) is 2.60. The van der Waals surface area contributed by atoms with Crippen molar-refractivity contribution in [1.82, 2.24) is 15.2 Å². The van der Waals surface area contributed by atoms with Gasteiger partial charge in [0.25, 0.3) is 0 Å².